The molecular weight excluding hydrogens is 472 g/mol. The third-order valence-electron chi connectivity index (χ3n) is 5.05. The topological polar surface area (TPSA) is 77.9 Å². The molecule has 0 spiro atoms. The molecule has 200 valence electrons. The van der Waals surface area contributed by atoms with Crippen LogP contribution in [0.4, 0.5) is 18.4 Å². The maximum atomic E-state index is 14.3. The summed E-state index contributed by atoms with van der Waals surface area (Å²) in [5, 5.41) is 0. The lowest BCUT2D eigenvalue weighted by Crippen LogP contribution is -2.57. The smallest absolute Gasteiger partial charge is 0.437 e. The summed E-state index contributed by atoms with van der Waals surface area (Å²) in [7, 11) is 3.58. The number of rotatable bonds is 2. The molecule has 0 aromatic heterocycles. The van der Waals surface area contributed by atoms with E-state index in [0.717, 1.165) is 22.9 Å². The molecule has 2 rings (SSSR count). The Morgan fingerprint density at radius 3 is 1.92 bits per heavy atom. The van der Waals surface area contributed by atoms with Gasteiger partial charge < -0.3 is 24.2 Å². The predicted molar refractivity (Wildman–Crippen MR) is 133 cm³/mol. The van der Waals surface area contributed by atoms with Crippen molar-refractivity contribution in [1.82, 2.24) is 19.6 Å². The molecule has 1 aliphatic heterocycles. The van der Waals surface area contributed by atoms with Crippen LogP contribution in [0.1, 0.15) is 52.7 Å². The number of hydrogen-bond donors (Lipinski definition) is 0. The average molecular weight is 510 g/mol. The van der Waals surface area contributed by atoms with E-state index >= 15 is 0 Å². The highest BCUT2D eigenvalue weighted by Gasteiger charge is 2.34. The fourth-order valence-electron chi connectivity index (χ4n) is 3.31. The minimum atomic E-state index is -0.929. The molecule has 9 nitrogen and oxygen atoms in total. The minimum Gasteiger partial charge on any atom is -0.443 e. The summed E-state index contributed by atoms with van der Waals surface area (Å²) in [5.74, 6) is -0.887. The molecule has 1 heterocycles. The van der Waals surface area contributed by atoms with E-state index in [-0.39, 0.29) is 37.0 Å². The minimum absolute atomic E-state index is 0.0916. The van der Waals surface area contributed by atoms with Crippen molar-refractivity contribution in [1.29, 1.82) is 0 Å². The van der Waals surface area contributed by atoms with Crippen LogP contribution in [0.5, 0.6) is 0 Å². The molecule has 2 amide bonds. The number of amides is 2. The Kier molecular flexibility index (Phi) is 8.59. The van der Waals surface area contributed by atoms with E-state index in [1.54, 1.807) is 70.3 Å². The zero-order valence-electron chi connectivity index (χ0n) is 22.6. The number of guanidine groups is 1. The second-order valence-corrected chi connectivity index (χ2v) is 10.8. The predicted octanol–water partition coefficient (Wildman–Crippen LogP) is 4.87. The van der Waals surface area contributed by atoms with E-state index in [2.05, 4.69) is 11.6 Å². The van der Waals surface area contributed by atoms with Crippen molar-refractivity contribution in [2.75, 3.05) is 27.4 Å². The van der Waals surface area contributed by atoms with E-state index in [1.165, 1.54) is 6.92 Å². The van der Waals surface area contributed by atoms with Gasteiger partial charge in [-0.3, -0.25) is 0 Å². The number of ether oxygens (including phenoxy) is 2. The molecule has 0 aliphatic carbocycles. The van der Waals surface area contributed by atoms with Gasteiger partial charge in [0.2, 0.25) is 5.96 Å². The SMILES string of the molecule is C=C1N(C)CN(C(=NC(=O)OC(C)(C)C)N(Cc2cc(F)c(C)c(F)c2)C(=O)OC(C)(C)C)CN1C. The first-order valence-electron chi connectivity index (χ1n) is 11.5. The first kappa shape index (κ1) is 28.9. The summed E-state index contributed by atoms with van der Waals surface area (Å²) in [4.78, 5) is 36.6. The lowest BCUT2D eigenvalue weighted by molar-refractivity contribution is 0.0287. The Balaban J connectivity index is 2.63. The summed E-state index contributed by atoms with van der Waals surface area (Å²) in [6.07, 6.45) is -1.78. The van der Waals surface area contributed by atoms with Crippen LogP contribution in [0.3, 0.4) is 0 Å². The first-order chi connectivity index (χ1) is 16.4. The van der Waals surface area contributed by atoms with E-state index in [9.17, 15) is 18.4 Å². The van der Waals surface area contributed by atoms with Crippen LogP contribution in [0.2, 0.25) is 0 Å². The zero-order chi connectivity index (χ0) is 27.6. The van der Waals surface area contributed by atoms with Crippen molar-refractivity contribution in [3.63, 3.8) is 0 Å². The quantitative estimate of drug-likeness (QED) is 0.416. The van der Waals surface area contributed by atoms with Crippen molar-refractivity contribution in [3.05, 3.63) is 47.3 Å². The first-order valence-corrected chi connectivity index (χ1v) is 11.5. The molecular formula is C25H37F2N5O4. The molecule has 0 bridgehead atoms. The number of nitrogens with zero attached hydrogens (tertiary/aromatic N) is 5. The molecule has 0 unspecified atom stereocenters. The maximum Gasteiger partial charge on any atom is 0.437 e. The number of aliphatic imine (C=N–C) groups is 1. The fourth-order valence-corrected chi connectivity index (χ4v) is 3.31. The lowest BCUT2D eigenvalue weighted by Gasteiger charge is -2.45. The monoisotopic (exact) mass is 509 g/mol. The van der Waals surface area contributed by atoms with Crippen LogP contribution < -0.4 is 0 Å². The number of carbonyl (C=O) groups excluding carboxylic acids is 2. The van der Waals surface area contributed by atoms with Gasteiger partial charge in [0.1, 0.15) is 22.8 Å². The van der Waals surface area contributed by atoms with Crippen LogP contribution >= 0.6 is 0 Å². The van der Waals surface area contributed by atoms with Crippen molar-refractivity contribution in [3.8, 4) is 0 Å². The van der Waals surface area contributed by atoms with Gasteiger partial charge in [0.05, 0.1) is 25.7 Å². The molecule has 1 aromatic carbocycles. The van der Waals surface area contributed by atoms with Gasteiger partial charge >= 0.3 is 12.2 Å². The van der Waals surface area contributed by atoms with Crippen LogP contribution in [0, 0.1) is 18.6 Å². The van der Waals surface area contributed by atoms with Gasteiger partial charge in [-0.1, -0.05) is 6.58 Å². The van der Waals surface area contributed by atoms with Crippen molar-refractivity contribution < 1.29 is 27.8 Å². The highest BCUT2D eigenvalue weighted by Crippen LogP contribution is 2.22. The van der Waals surface area contributed by atoms with E-state index in [1.807, 2.05) is 0 Å². The summed E-state index contributed by atoms with van der Waals surface area (Å²) in [6, 6.07) is 2.27. The number of benzene rings is 1. The summed E-state index contributed by atoms with van der Waals surface area (Å²) in [6.45, 7) is 15.6. The van der Waals surface area contributed by atoms with Gasteiger partial charge in [-0.25, -0.2) is 23.3 Å². The third-order valence-corrected chi connectivity index (χ3v) is 5.05. The molecule has 1 aliphatic rings. The average Bonchev–Trinajstić information content (AvgIpc) is 2.69. The molecule has 0 radical (unpaired) electrons. The highest BCUT2D eigenvalue weighted by atomic mass is 19.1. The third kappa shape index (κ3) is 7.82. The Hall–Kier alpha value is -3.37. The standard InChI is InChI=1S/C25H37F2N5O4/c1-16-19(26)11-18(12-20(16)27)13-32(23(34)36-25(6,7)8)21(28-22(33)35-24(3,4)5)31-14-29(9)17(2)30(10)15-31/h11-12H,2,13-15H2,1,3-10H3. The second kappa shape index (κ2) is 10.7. The molecule has 1 fully saturated rings. The Morgan fingerprint density at radius 1 is 1.00 bits per heavy atom. The van der Waals surface area contributed by atoms with Crippen molar-refractivity contribution >= 4 is 18.1 Å². The largest absolute Gasteiger partial charge is 0.443 e. The molecule has 0 saturated carbocycles. The van der Waals surface area contributed by atoms with Gasteiger partial charge in [0.25, 0.3) is 0 Å². The second-order valence-electron chi connectivity index (χ2n) is 10.8. The molecule has 11 heteroatoms. The molecule has 1 saturated heterocycles. The van der Waals surface area contributed by atoms with Crippen LogP contribution in [0.25, 0.3) is 0 Å². The Morgan fingerprint density at radius 2 is 1.47 bits per heavy atom. The molecule has 36 heavy (non-hydrogen) atoms. The van der Waals surface area contributed by atoms with Crippen molar-refractivity contribution in [2.45, 2.75) is 66.2 Å². The molecule has 1 aromatic rings. The van der Waals surface area contributed by atoms with Gasteiger partial charge in [-0.15, -0.1) is 4.99 Å². The molecule has 0 N–H and O–H groups in total. The van der Waals surface area contributed by atoms with Gasteiger partial charge in [0.15, 0.2) is 0 Å². The summed E-state index contributed by atoms with van der Waals surface area (Å²) >= 11 is 0. The van der Waals surface area contributed by atoms with E-state index in [0.29, 0.717) is 0 Å². The van der Waals surface area contributed by atoms with Gasteiger partial charge in [0, 0.05) is 19.7 Å². The summed E-state index contributed by atoms with van der Waals surface area (Å²) in [5.41, 5.74) is -1.71. The number of hydrogen-bond acceptors (Lipinski definition) is 6. The van der Waals surface area contributed by atoms with Crippen LogP contribution in [-0.4, -0.2) is 76.4 Å². The fraction of sp³-hybridized carbons (Fsp3) is 0.560. The maximum absolute atomic E-state index is 14.3. The number of halogens is 2. The van der Waals surface area contributed by atoms with Crippen LogP contribution in [-0.2, 0) is 16.0 Å². The van der Waals surface area contributed by atoms with Crippen LogP contribution in [0.15, 0.2) is 29.5 Å². The lowest BCUT2D eigenvalue weighted by atomic mass is 10.1. The number of carbonyl (C=O) groups is 2. The van der Waals surface area contributed by atoms with Gasteiger partial charge in [-0.2, -0.15) is 0 Å². The van der Waals surface area contributed by atoms with E-state index < -0.39 is 35.0 Å². The Bertz CT molecular complexity index is 1010. The Labute approximate surface area is 211 Å². The highest BCUT2D eigenvalue weighted by molar-refractivity contribution is 5.99. The van der Waals surface area contributed by atoms with Crippen molar-refractivity contribution in [2.24, 2.45) is 4.99 Å². The molecule has 0 atom stereocenters. The van der Waals surface area contributed by atoms with E-state index in [4.69, 9.17) is 9.47 Å². The zero-order valence-corrected chi connectivity index (χ0v) is 22.6. The summed E-state index contributed by atoms with van der Waals surface area (Å²) < 4.78 is 39.6. The normalized spacial score (nSPS) is 15.2. The van der Waals surface area contributed by atoms with Gasteiger partial charge in [-0.05, 0) is 66.2 Å².